The Hall–Kier alpha value is -2.93. The highest BCUT2D eigenvalue weighted by Gasteiger charge is 2.51. The van der Waals surface area contributed by atoms with E-state index < -0.39 is 23.0 Å². The molecule has 2 aromatic carbocycles. The van der Waals surface area contributed by atoms with Gasteiger partial charge in [0.2, 0.25) is 0 Å². The molecule has 5 nitrogen and oxygen atoms in total. The van der Waals surface area contributed by atoms with Crippen LogP contribution in [0.25, 0.3) is 5.57 Å². The zero-order chi connectivity index (χ0) is 22.5. The van der Waals surface area contributed by atoms with Gasteiger partial charge in [-0.15, -0.1) is 0 Å². The Balaban J connectivity index is 1.53. The average Bonchev–Trinajstić information content (AvgIpc) is 3.59. The van der Waals surface area contributed by atoms with Crippen molar-refractivity contribution in [3.63, 3.8) is 0 Å². The molecule has 5 rings (SSSR count). The summed E-state index contributed by atoms with van der Waals surface area (Å²) in [5, 5.41) is 9.50. The lowest BCUT2D eigenvalue weighted by Crippen LogP contribution is -2.38. The number of ether oxygens (including phenoxy) is 2. The predicted octanol–water partition coefficient (Wildman–Crippen LogP) is 4.63. The molecule has 2 fully saturated rings. The number of methoxy groups -OCH3 is 1. The molecule has 0 spiro atoms. The smallest absolute Gasteiger partial charge is 0.310 e. The van der Waals surface area contributed by atoms with Crippen LogP contribution >= 0.6 is 0 Å². The van der Waals surface area contributed by atoms with Crippen LogP contribution in [0.3, 0.4) is 0 Å². The Kier molecular flexibility index (Phi) is 5.16. The van der Waals surface area contributed by atoms with Gasteiger partial charge in [-0.3, -0.25) is 4.79 Å². The van der Waals surface area contributed by atoms with Gasteiger partial charge in [0, 0.05) is 36.8 Å². The second-order valence-electron chi connectivity index (χ2n) is 8.91. The summed E-state index contributed by atoms with van der Waals surface area (Å²) in [7, 11) is 1.59. The maximum absolute atomic E-state index is 14.3. The van der Waals surface area contributed by atoms with E-state index in [4.69, 9.17) is 9.47 Å². The summed E-state index contributed by atoms with van der Waals surface area (Å²) in [5.41, 5.74) is 3.83. The Morgan fingerprint density at radius 2 is 1.84 bits per heavy atom. The zero-order valence-electron chi connectivity index (χ0n) is 17.9. The molecule has 2 aromatic rings. The summed E-state index contributed by atoms with van der Waals surface area (Å²) in [4.78, 5) is 13.8. The van der Waals surface area contributed by atoms with Gasteiger partial charge in [-0.25, -0.2) is 8.78 Å². The van der Waals surface area contributed by atoms with Crippen molar-refractivity contribution in [3.05, 3.63) is 64.2 Å². The first-order valence-corrected chi connectivity index (χ1v) is 10.9. The van der Waals surface area contributed by atoms with E-state index in [1.807, 2.05) is 18.2 Å². The monoisotopic (exact) mass is 441 g/mol. The molecule has 1 saturated carbocycles. The van der Waals surface area contributed by atoms with E-state index in [0.29, 0.717) is 23.6 Å². The molecule has 0 bridgehead atoms. The number of nitrogens with zero attached hydrogens (tertiary/aromatic N) is 1. The minimum atomic E-state index is -0.935. The number of piperidine rings is 1. The number of aliphatic carboxylic acids is 1. The molecule has 7 heteroatoms. The van der Waals surface area contributed by atoms with Crippen LogP contribution in [0.15, 0.2) is 35.9 Å². The lowest BCUT2D eigenvalue weighted by atomic mass is 9.86. The summed E-state index contributed by atoms with van der Waals surface area (Å²) in [6.07, 6.45) is 2.93. The molecule has 1 saturated heterocycles. The zero-order valence-corrected chi connectivity index (χ0v) is 17.9. The standard InChI is InChI=1S/C25H25F2NO4/c1-31-17-2-3-18-16(10-17)13-32-22-12-21(27)20(26)11-19(22)23(18)15-4-8-28(9-5-15)14-25(6-7-25)24(29)30/h2-3,10-12H,4-9,13-14H2,1H3,(H,29,30). The first-order chi connectivity index (χ1) is 15.4. The normalized spacial score (nSPS) is 19.5. The van der Waals surface area contributed by atoms with Gasteiger partial charge in [-0.2, -0.15) is 0 Å². The molecule has 32 heavy (non-hydrogen) atoms. The van der Waals surface area contributed by atoms with Crippen LogP contribution in [0.4, 0.5) is 8.78 Å². The van der Waals surface area contributed by atoms with Crippen LogP contribution in [-0.2, 0) is 11.4 Å². The van der Waals surface area contributed by atoms with Gasteiger partial charge in [-0.1, -0.05) is 11.6 Å². The summed E-state index contributed by atoms with van der Waals surface area (Å²) in [6, 6.07) is 8.05. The Bertz CT molecular complexity index is 1110. The van der Waals surface area contributed by atoms with E-state index in [9.17, 15) is 18.7 Å². The number of likely N-dealkylation sites (tertiary alicyclic amines) is 1. The van der Waals surface area contributed by atoms with Crippen molar-refractivity contribution >= 4 is 11.5 Å². The summed E-state index contributed by atoms with van der Waals surface area (Å²) < 4.78 is 39.5. The lowest BCUT2D eigenvalue weighted by Gasteiger charge is -2.32. The number of carboxylic acids is 1. The molecular formula is C25H25F2NO4. The SMILES string of the molecule is COc1ccc2c(c1)COc1cc(F)c(F)cc1C2=C1CCN(CC2(C(=O)O)CC2)CC1. The Morgan fingerprint density at radius 3 is 2.50 bits per heavy atom. The van der Waals surface area contributed by atoms with E-state index in [-0.39, 0.29) is 6.61 Å². The number of hydrogen-bond acceptors (Lipinski definition) is 4. The first-order valence-electron chi connectivity index (χ1n) is 10.9. The summed E-state index contributed by atoms with van der Waals surface area (Å²) >= 11 is 0. The fraction of sp³-hybridized carbons (Fsp3) is 0.400. The van der Waals surface area contributed by atoms with Crippen molar-refractivity contribution in [3.8, 4) is 11.5 Å². The van der Waals surface area contributed by atoms with Crippen LogP contribution in [0, 0.1) is 17.0 Å². The fourth-order valence-electron chi connectivity index (χ4n) is 4.83. The number of rotatable bonds is 4. The topological polar surface area (TPSA) is 59.0 Å². The molecule has 1 aliphatic carbocycles. The van der Waals surface area contributed by atoms with Crippen molar-refractivity contribution in [2.75, 3.05) is 26.7 Å². The summed E-state index contributed by atoms with van der Waals surface area (Å²) in [6.45, 7) is 2.27. The average molecular weight is 441 g/mol. The molecule has 0 amide bonds. The molecular weight excluding hydrogens is 416 g/mol. The van der Waals surface area contributed by atoms with Crippen molar-refractivity contribution in [1.29, 1.82) is 0 Å². The highest BCUT2D eigenvalue weighted by atomic mass is 19.2. The van der Waals surface area contributed by atoms with Gasteiger partial charge in [0.15, 0.2) is 11.6 Å². The third-order valence-corrected chi connectivity index (χ3v) is 6.90. The third-order valence-electron chi connectivity index (χ3n) is 6.90. The molecule has 0 unspecified atom stereocenters. The second-order valence-corrected chi connectivity index (χ2v) is 8.91. The van der Waals surface area contributed by atoms with Crippen LogP contribution < -0.4 is 9.47 Å². The first kappa shape index (κ1) is 20.9. The van der Waals surface area contributed by atoms with Gasteiger partial charge in [0.1, 0.15) is 18.1 Å². The van der Waals surface area contributed by atoms with Gasteiger partial charge in [-0.05, 0) is 55.0 Å². The quantitative estimate of drug-likeness (QED) is 0.750. The molecule has 0 atom stereocenters. The van der Waals surface area contributed by atoms with E-state index in [1.54, 1.807) is 7.11 Å². The van der Waals surface area contributed by atoms with Crippen LogP contribution in [0.2, 0.25) is 0 Å². The minimum absolute atomic E-state index is 0.231. The van der Waals surface area contributed by atoms with Gasteiger partial charge < -0.3 is 19.5 Å². The lowest BCUT2D eigenvalue weighted by molar-refractivity contribution is -0.144. The van der Waals surface area contributed by atoms with Gasteiger partial charge in [0.05, 0.1) is 12.5 Å². The summed E-state index contributed by atoms with van der Waals surface area (Å²) in [5.74, 6) is -1.53. The molecule has 2 heterocycles. The Morgan fingerprint density at radius 1 is 1.12 bits per heavy atom. The van der Waals surface area contributed by atoms with Gasteiger partial charge >= 0.3 is 5.97 Å². The molecule has 3 aliphatic rings. The largest absolute Gasteiger partial charge is 0.497 e. The molecule has 0 radical (unpaired) electrons. The van der Waals surface area contributed by atoms with Crippen LogP contribution in [-0.4, -0.2) is 42.7 Å². The second kappa shape index (κ2) is 7.89. The third kappa shape index (κ3) is 3.64. The highest BCUT2D eigenvalue weighted by Crippen LogP contribution is 2.47. The van der Waals surface area contributed by atoms with Crippen molar-refractivity contribution in [1.82, 2.24) is 4.90 Å². The van der Waals surface area contributed by atoms with E-state index in [2.05, 4.69) is 4.90 Å². The number of carbonyl (C=O) groups is 1. The number of carboxylic acid groups (broad SMARTS) is 1. The minimum Gasteiger partial charge on any atom is -0.497 e. The number of hydrogen-bond donors (Lipinski definition) is 1. The van der Waals surface area contributed by atoms with E-state index in [1.165, 1.54) is 6.07 Å². The molecule has 1 N–H and O–H groups in total. The molecule has 168 valence electrons. The number of benzene rings is 2. The Labute approximate surface area is 185 Å². The highest BCUT2D eigenvalue weighted by molar-refractivity contribution is 5.87. The van der Waals surface area contributed by atoms with Crippen molar-refractivity contribution in [2.45, 2.75) is 32.3 Å². The van der Waals surface area contributed by atoms with E-state index >= 15 is 0 Å². The number of halogens is 2. The van der Waals surface area contributed by atoms with Crippen molar-refractivity contribution in [2.24, 2.45) is 5.41 Å². The molecule has 0 aromatic heterocycles. The van der Waals surface area contributed by atoms with Crippen LogP contribution in [0.5, 0.6) is 11.5 Å². The van der Waals surface area contributed by atoms with E-state index in [0.717, 1.165) is 67.1 Å². The predicted molar refractivity (Wildman–Crippen MR) is 115 cm³/mol. The maximum Gasteiger partial charge on any atom is 0.310 e. The fourth-order valence-corrected chi connectivity index (χ4v) is 4.83. The molecule has 2 aliphatic heterocycles. The van der Waals surface area contributed by atoms with Crippen LogP contribution in [0.1, 0.15) is 42.4 Å². The van der Waals surface area contributed by atoms with Gasteiger partial charge in [0.25, 0.3) is 0 Å². The number of fused-ring (bicyclic) bond motifs is 2. The van der Waals surface area contributed by atoms with Crippen molar-refractivity contribution < 1.29 is 28.2 Å². The maximum atomic E-state index is 14.3.